The minimum atomic E-state index is -0.183. The second-order valence-electron chi connectivity index (χ2n) is 26.0. The molecule has 0 atom stereocenters. The average molecular weight is 1110 g/mol. The van der Waals surface area contributed by atoms with Crippen molar-refractivity contribution >= 4 is 85.1 Å². The van der Waals surface area contributed by atoms with E-state index in [1.165, 1.54) is 167 Å². The van der Waals surface area contributed by atoms with E-state index in [0.29, 0.717) is 11.8 Å². The van der Waals surface area contributed by atoms with Gasteiger partial charge in [-0.3, -0.25) is 0 Å². The second-order valence-corrected chi connectivity index (χ2v) is 26.0. The molecule has 4 nitrogen and oxygen atoms in total. The van der Waals surface area contributed by atoms with Gasteiger partial charge in [0.15, 0.2) is 0 Å². The molecule has 6 heteroatoms. The van der Waals surface area contributed by atoms with Gasteiger partial charge in [-0.1, -0.05) is 206 Å². The molecule has 0 amide bonds. The molecule has 0 spiro atoms. The van der Waals surface area contributed by atoms with E-state index >= 15 is 0 Å². The van der Waals surface area contributed by atoms with E-state index < -0.39 is 0 Å². The van der Waals surface area contributed by atoms with Crippen LogP contribution in [0.15, 0.2) is 206 Å². The Bertz CT molecular complexity index is 4800. The summed E-state index contributed by atoms with van der Waals surface area (Å²) in [6, 6.07) is 79.5. The molecule has 18 rings (SSSR count). The zero-order chi connectivity index (χ0) is 57.1. The van der Waals surface area contributed by atoms with Gasteiger partial charge in [0.2, 0.25) is 0 Å². The first kappa shape index (κ1) is 50.1. The zero-order valence-corrected chi connectivity index (χ0v) is 49.3. The molecule has 2 fully saturated rings. The highest BCUT2D eigenvalue weighted by Gasteiger charge is 2.52. The number of hydrogen-bond donors (Lipinski definition) is 0. The topological polar surface area (TPSA) is 26.6 Å². The van der Waals surface area contributed by atoms with Gasteiger partial charge in [-0.05, 0) is 191 Å². The first-order valence-corrected chi connectivity index (χ1v) is 31.6. The van der Waals surface area contributed by atoms with Crippen molar-refractivity contribution in [2.45, 2.75) is 90.9 Å². The second kappa shape index (κ2) is 19.1. The van der Waals surface area contributed by atoms with Crippen LogP contribution in [0, 0.1) is 27.7 Å². The lowest BCUT2D eigenvalue weighted by atomic mass is 9.31. The quantitative estimate of drug-likeness (QED) is 0.149. The van der Waals surface area contributed by atoms with Crippen LogP contribution >= 0.6 is 0 Å². The maximum atomic E-state index is 7.99. The standard InChI is InChI=1S/C80H64B2N2O2/c1-47-13-21-53(22-14-47)54-29-35-63(36-30-54)83-71-38-32-59(56-25-17-49(3)18-26-56)43-66(71)81-67-44-60(51-9-5-6-10-51)33-39-72(67)86-80-74(81)77(83)79-75-78(80)84-70-37-31-58(55-23-15-48(2)16-24-55)41-64(70)65-42-62(57-27-19-50(4)20-28-57)46-69(76(65)84)82(75)68-45-61(34-40-73(68)85-79)52-11-7-8-12-52/h13-46,51-52H,5-12H2,1-4H3. The number of fused-ring (bicyclic) bond motifs is 13. The lowest BCUT2D eigenvalue weighted by Gasteiger charge is -2.45. The lowest BCUT2D eigenvalue weighted by molar-refractivity contribution is 0.474. The number of benzene rings is 11. The summed E-state index contributed by atoms with van der Waals surface area (Å²) in [5.74, 6) is 4.73. The van der Waals surface area contributed by atoms with Gasteiger partial charge in [0, 0.05) is 38.6 Å². The predicted molar refractivity (Wildman–Crippen MR) is 361 cm³/mol. The van der Waals surface area contributed by atoms with E-state index in [1.807, 2.05) is 0 Å². The number of hydrogen-bond acceptors (Lipinski definition) is 3. The fourth-order valence-corrected chi connectivity index (χ4v) is 16.2. The van der Waals surface area contributed by atoms with Gasteiger partial charge in [0.25, 0.3) is 13.4 Å². The molecule has 12 aromatic rings. The molecule has 0 saturated heterocycles. The van der Waals surface area contributed by atoms with Crippen LogP contribution < -0.4 is 47.2 Å². The summed E-state index contributed by atoms with van der Waals surface area (Å²) in [7, 11) is 0. The molecule has 0 unspecified atom stereocenters. The molecule has 6 aliphatic rings. The molecule has 11 aromatic carbocycles. The first-order chi connectivity index (χ1) is 42.2. The summed E-state index contributed by atoms with van der Waals surface area (Å²) in [5.41, 5.74) is 31.6. The van der Waals surface area contributed by atoms with Crippen LogP contribution in [0.3, 0.4) is 0 Å². The van der Waals surface area contributed by atoms with Gasteiger partial charge in [-0.25, -0.2) is 0 Å². The Morgan fingerprint density at radius 2 is 0.779 bits per heavy atom. The highest BCUT2D eigenvalue weighted by atomic mass is 16.5. The molecule has 0 N–H and O–H groups in total. The summed E-state index contributed by atoms with van der Waals surface area (Å²) in [4.78, 5) is 2.55. The molecule has 4 aliphatic heterocycles. The van der Waals surface area contributed by atoms with Gasteiger partial charge in [-0.15, -0.1) is 0 Å². The number of ether oxygens (including phenoxy) is 2. The number of anilines is 3. The molecule has 2 saturated carbocycles. The third-order valence-corrected chi connectivity index (χ3v) is 20.7. The van der Waals surface area contributed by atoms with Crippen molar-refractivity contribution in [1.29, 1.82) is 0 Å². The Kier molecular flexibility index (Phi) is 11.1. The maximum absolute atomic E-state index is 7.99. The van der Waals surface area contributed by atoms with Crippen molar-refractivity contribution in [1.82, 2.24) is 4.57 Å². The molecule has 1 aromatic heterocycles. The lowest BCUT2D eigenvalue weighted by Crippen LogP contribution is -2.63. The summed E-state index contributed by atoms with van der Waals surface area (Å²) < 4.78 is 18.6. The molecule has 412 valence electrons. The van der Waals surface area contributed by atoms with Crippen molar-refractivity contribution in [3.63, 3.8) is 0 Å². The van der Waals surface area contributed by atoms with E-state index in [1.54, 1.807) is 0 Å². The fraction of sp³-hybridized carbons (Fsp3) is 0.175. The van der Waals surface area contributed by atoms with Crippen molar-refractivity contribution in [3.05, 3.63) is 240 Å². The van der Waals surface area contributed by atoms with Gasteiger partial charge in [0.05, 0.1) is 16.9 Å². The summed E-state index contributed by atoms with van der Waals surface area (Å²) in [5, 5.41) is 2.47. The Hall–Kier alpha value is -9.25. The van der Waals surface area contributed by atoms with Crippen LogP contribution in [-0.4, -0.2) is 18.0 Å². The minimum absolute atomic E-state index is 0.181. The monoisotopic (exact) mass is 1110 g/mol. The third-order valence-electron chi connectivity index (χ3n) is 20.7. The Morgan fingerprint density at radius 1 is 0.360 bits per heavy atom. The van der Waals surface area contributed by atoms with Crippen LogP contribution in [-0.2, 0) is 0 Å². The van der Waals surface area contributed by atoms with E-state index in [-0.39, 0.29) is 13.4 Å². The molecule has 0 radical (unpaired) electrons. The number of nitrogens with zero attached hydrogens (tertiary/aromatic N) is 2. The molecule has 86 heavy (non-hydrogen) atoms. The van der Waals surface area contributed by atoms with Crippen molar-refractivity contribution in [3.8, 4) is 73.2 Å². The Balaban J connectivity index is 0.984. The van der Waals surface area contributed by atoms with E-state index in [9.17, 15) is 0 Å². The van der Waals surface area contributed by atoms with E-state index in [4.69, 9.17) is 9.47 Å². The SMILES string of the molecule is Cc1ccc(-c2ccc(N3c4ccc(-c5ccc(C)cc5)cc4B4c5cc(C6CCCC6)ccc5Oc5c4c3c3c4c5-n5c6ccc(-c7ccc(C)cc7)cc6c6cc(-c7ccc(C)cc7)cc(c65)B4c4cc(C5CCCC5)ccc4O3)cc2)cc1. The van der Waals surface area contributed by atoms with Crippen LogP contribution in [0.4, 0.5) is 17.1 Å². The number of aryl methyl sites for hydroxylation is 4. The highest BCUT2D eigenvalue weighted by Crippen LogP contribution is 2.53. The largest absolute Gasteiger partial charge is 0.456 e. The van der Waals surface area contributed by atoms with Crippen LogP contribution in [0.25, 0.3) is 72.0 Å². The third kappa shape index (κ3) is 7.64. The van der Waals surface area contributed by atoms with E-state index in [0.717, 1.165) is 62.2 Å². The maximum Gasteiger partial charge on any atom is 0.256 e. The molecular formula is C80H64B2N2O2. The Labute approximate surface area is 504 Å². The number of aromatic nitrogens is 1. The highest BCUT2D eigenvalue weighted by molar-refractivity contribution is 7.02. The Morgan fingerprint density at radius 3 is 1.33 bits per heavy atom. The van der Waals surface area contributed by atoms with E-state index in [2.05, 4.69) is 243 Å². The van der Waals surface area contributed by atoms with Gasteiger partial charge < -0.3 is 18.9 Å². The fourth-order valence-electron chi connectivity index (χ4n) is 16.2. The van der Waals surface area contributed by atoms with Crippen LogP contribution in [0.2, 0.25) is 0 Å². The van der Waals surface area contributed by atoms with Crippen molar-refractivity contribution < 1.29 is 9.47 Å². The van der Waals surface area contributed by atoms with Gasteiger partial charge >= 0.3 is 0 Å². The summed E-state index contributed by atoms with van der Waals surface area (Å²) >= 11 is 0. The average Bonchev–Trinajstić information content (AvgIpc) is 1.13. The molecule has 2 aliphatic carbocycles. The molecule has 0 bridgehead atoms. The molecular weight excluding hydrogens is 1040 g/mol. The predicted octanol–water partition coefficient (Wildman–Crippen LogP) is 17.3. The summed E-state index contributed by atoms with van der Waals surface area (Å²) in [6.07, 6.45) is 9.95. The van der Waals surface area contributed by atoms with Crippen molar-refractivity contribution in [2.24, 2.45) is 0 Å². The van der Waals surface area contributed by atoms with Crippen LogP contribution in [0.5, 0.6) is 23.0 Å². The van der Waals surface area contributed by atoms with Crippen molar-refractivity contribution in [2.75, 3.05) is 4.90 Å². The van der Waals surface area contributed by atoms with Gasteiger partial charge in [0.1, 0.15) is 23.0 Å². The minimum Gasteiger partial charge on any atom is -0.456 e. The number of rotatable bonds is 7. The smallest absolute Gasteiger partial charge is 0.256 e. The van der Waals surface area contributed by atoms with Gasteiger partial charge in [-0.2, -0.15) is 0 Å². The zero-order valence-electron chi connectivity index (χ0n) is 49.3. The molecule has 5 heterocycles. The van der Waals surface area contributed by atoms with Crippen LogP contribution in [0.1, 0.15) is 96.6 Å². The summed E-state index contributed by atoms with van der Waals surface area (Å²) in [6.45, 7) is 8.33. The normalized spacial score (nSPS) is 15.3. The first-order valence-electron chi connectivity index (χ1n) is 31.6.